The minimum atomic E-state index is -1.42. The van der Waals surface area contributed by atoms with Crippen molar-refractivity contribution < 1.29 is 42.9 Å². The lowest BCUT2D eigenvalue weighted by molar-refractivity contribution is -0.773. The Balaban J connectivity index is 1.43. The zero-order chi connectivity index (χ0) is 35.8. The predicted molar refractivity (Wildman–Crippen MR) is 174 cm³/mol. The summed E-state index contributed by atoms with van der Waals surface area (Å²) in [5, 5.41) is 7.09. The van der Waals surface area contributed by atoms with Gasteiger partial charge in [0.05, 0.1) is 29.4 Å². The summed E-state index contributed by atoms with van der Waals surface area (Å²) < 4.78 is 20.6. The molecule has 1 unspecified atom stereocenters. The van der Waals surface area contributed by atoms with Crippen molar-refractivity contribution in [1.29, 1.82) is 5.53 Å². The predicted octanol–water partition coefficient (Wildman–Crippen LogP) is 4.22. The number of rotatable bonds is 14. The van der Waals surface area contributed by atoms with Crippen LogP contribution in [-0.4, -0.2) is 70.6 Å². The third-order valence-electron chi connectivity index (χ3n) is 6.89. The molecule has 260 valence electrons. The molecule has 1 aliphatic heterocycles. The van der Waals surface area contributed by atoms with Crippen LogP contribution in [0.25, 0.3) is 11.1 Å². The van der Waals surface area contributed by atoms with E-state index < -0.39 is 41.2 Å². The molecule has 0 saturated heterocycles. The second-order valence-corrected chi connectivity index (χ2v) is 13.2. The van der Waals surface area contributed by atoms with Crippen LogP contribution in [0.3, 0.4) is 0 Å². The first kappa shape index (κ1) is 36.4. The Hall–Kier alpha value is -5.40. The van der Waals surface area contributed by atoms with Gasteiger partial charge in [0.25, 0.3) is 11.8 Å². The fourth-order valence-corrected chi connectivity index (χ4v) is 4.80. The number of hydrogen-bond donors (Lipinski definition) is 2. The van der Waals surface area contributed by atoms with Gasteiger partial charge in [0.1, 0.15) is 34.2 Å². The molecule has 3 aromatic rings. The molecular weight excluding hydrogens is 634 g/mol. The number of fused-ring (bicyclic) bond motifs is 1. The summed E-state index contributed by atoms with van der Waals surface area (Å²) in [6, 6.07) is 13.5. The highest BCUT2D eigenvalue weighted by Crippen LogP contribution is 2.26. The first-order chi connectivity index (χ1) is 23.1. The maximum absolute atomic E-state index is 13.1. The first-order valence-electron chi connectivity index (χ1n) is 15.9. The molecule has 0 radical (unpaired) electrons. The van der Waals surface area contributed by atoms with Crippen molar-refractivity contribution in [3.05, 3.63) is 72.1 Å². The van der Waals surface area contributed by atoms with E-state index in [0.717, 1.165) is 11.1 Å². The number of carbonyl (C=O) groups is 4. The summed E-state index contributed by atoms with van der Waals surface area (Å²) in [5.74, 6) is -1.73. The van der Waals surface area contributed by atoms with Gasteiger partial charge in [-0.25, -0.2) is 14.4 Å². The van der Waals surface area contributed by atoms with Crippen molar-refractivity contribution in [2.45, 2.75) is 78.4 Å². The number of ether oxygens (including phenoxy) is 3. The highest BCUT2D eigenvalue weighted by atomic mass is 16.7. The van der Waals surface area contributed by atoms with E-state index in [0.29, 0.717) is 43.4 Å². The average Bonchev–Trinajstić information content (AvgIpc) is 3.54. The van der Waals surface area contributed by atoms with Crippen molar-refractivity contribution in [3.63, 3.8) is 0 Å². The number of aromatic nitrogens is 2. The molecule has 0 spiro atoms. The molecule has 1 atom stereocenters. The molecule has 4 rings (SSSR count). The van der Waals surface area contributed by atoms with Gasteiger partial charge in [-0.15, -0.1) is 9.75 Å². The first-order valence-corrected chi connectivity index (χ1v) is 15.9. The largest absolute Gasteiger partial charge is 0.490 e. The summed E-state index contributed by atoms with van der Waals surface area (Å²) >= 11 is 0. The number of hydroxylamine groups is 2. The average molecular weight is 678 g/mol. The van der Waals surface area contributed by atoms with E-state index >= 15 is 0 Å². The van der Waals surface area contributed by atoms with Gasteiger partial charge in [-0.1, -0.05) is 24.3 Å². The lowest BCUT2D eigenvalue weighted by Crippen LogP contribution is -2.44. The summed E-state index contributed by atoms with van der Waals surface area (Å²) in [4.78, 5) is 59.6. The number of benzene rings is 2. The molecule has 1 aromatic heterocycles. The Labute approximate surface area is 284 Å². The highest BCUT2D eigenvalue weighted by Gasteiger charge is 2.40. The van der Waals surface area contributed by atoms with Crippen LogP contribution in [0.15, 0.2) is 66.0 Å². The number of nitrogens with zero attached hydrogens (tertiary/aromatic N) is 5. The number of nitrogens with one attached hydrogen (secondary N) is 2. The molecule has 15 nitrogen and oxygen atoms in total. The topological polar surface area (TPSA) is 180 Å². The van der Waals surface area contributed by atoms with E-state index in [1.165, 1.54) is 12.1 Å². The number of esters is 1. The highest BCUT2D eigenvalue weighted by molar-refractivity contribution is 6.20. The maximum Gasteiger partial charge on any atom is 0.407 e. The van der Waals surface area contributed by atoms with Crippen molar-refractivity contribution in [3.8, 4) is 16.9 Å². The van der Waals surface area contributed by atoms with Crippen LogP contribution in [0.5, 0.6) is 5.75 Å². The minimum Gasteiger partial charge on any atom is -0.490 e. The lowest BCUT2D eigenvalue weighted by atomic mass is 10.1. The number of alkyl carbamates (subject to hydrolysis) is 1. The molecule has 2 heterocycles. The fourth-order valence-electron chi connectivity index (χ4n) is 4.80. The monoisotopic (exact) mass is 677 g/mol. The van der Waals surface area contributed by atoms with Gasteiger partial charge >= 0.3 is 12.1 Å². The van der Waals surface area contributed by atoms with E-state index in [9.17, 15) is 19.2 Å². The van der Waals surface area contributed by atoms with Crippen molar-refractivity contribution in [1.82, 2.24) is 20.0 Å². The van der Waals surface area contributed by atoms with E-state index in [1.54, 1.807) is 65.8 Å². The van der Waals surface area contributed by atoms with Crippen LogP contribution in [0, 0.1) is 5.53 Å². The third kappa shape index (κ3) is 10.3. The smallest absolute Gasteiger partial charge is 0.407 e. The molecular formula is C34H43N7O8+2. The van der Waals surface area contributed by atoms with Crippen LogP contribution >= 0.6 is 0 Å². The Bertz CT molecular complexity index is 1680. The summed E-state index contributed by atoms with van der Waals surface area (Å²) in [6.07, 6.45) is 2.67. The van der Waals surface area contributed by atoms with Gasteiger partial charge in [-0.2, -0.15) is 4.68 Å². The standard InChI is InChI=1S/C34H42N7O8/c1-33(2,3)47-31(44)28(49-41-29(42)26-10-7-8-11-27(26)30(41)43)22-46-25-14-12-23(13-15-25)24-20-39(40(21-24)19-17-37-38-35)18-9-16-36-32(45)48-34(4,5)6/h7-8,10-15,20-21,28,35H,9,16-19,22H2,1-6H3/q+1/p+1. The van der Waals surface area contributed by atoms with Gasteiger partial charge in [0, 0.05) is 6.54 Å². The number of imide groups is 1. The normalized spacial score (nSPS) is 13.4. The minimum absolute atomic E-state index is 0.181. The van der Waals surface area contributed by atoms with Crippen LogP contribution in [0.1, 0.15) is 68.7 Å². The fraction of sp³-hybridized carbons (Fsp3) is 0.441. The van der Waals surface area contributed by atoms with Gasteiger partial charge in [-0.3, -0.25) is 9.59 Å². The van der Waals surface area contributed by atoms with Gasteiger partial charge in [0.15, 0.2) is 13.1 Å². The zero-order valence-corrected chi connectivity index (χ0v) is 28.6. The summed E-state index contributed by atoms with van der Waals surface area (Å²) in [7, 11) is 0. The van der Waals surface area contributed by atoms with Crippen LogP contribution < -0.4 is 19.6 Å². The molecule has 49 heavy (non-hydrogen) atoms. The van der Waals surface area contributed by atoms with E-state index in [1.807, 2.05) is 33.9 Å². The molecule has 3 amide bonds. The Morgan fingerprint density at radius 2 is 1.57 bits per heavy atom. The number of carbonyl (C=O) groups excluding carboxylic acids is 4. The van der Waals surface area contributed by atoms with Crippen LogP contribution in [0.2, 0.25) is 0 Å². The van der Waals surface area contributed by atoms with Gasteiger partial charge in [0.2, 0.25) is 17.2 Å². The molecule has 2 aromatic carbocycles. The second-order valence-electron chi connectivity index (χ2n) is 13.2. The van der Waals surface area contributed by atoms with Crippen molar-refractivity contribution >= 4 is 23.9 Å². The number of amides is 3. The Kier molecular flexibility index (Phi) is 11.6. The number of hydrogen-bond acceptors (Lipinski definition) is 10. The van der Waals surface area contributed by atoms with Gasteiger partial charge in [-0.05, 0) is 77.8 Å². The van der Waals surface area contributed by atoms with Crippen molar-refractivity contribution in [2.24, 2.45) is 5.11 Å². The van der Waals surface area contributed by atoms with Crippen LogP contribution in [0.4, 0.5) is 4.79 Å². The lowest BCUT2D eigenvalue weighted by Gasteiger charge is -2.26. The molecule has 15 heteroatoms. The van der Waals surface area contributed by atoms with Gasteiger partial charge < -0.3 is 19.5 Å². The van der Waals surface area contributed by atoms with Crippen molar-refractivity contribution in [2.75, 3.05) is 19.7 Å². The summed E-state index contributed by atoms with van der Waals surface area (Å²) in [6.45, 7) is 12.0. The molecule has 0 saturated carbocycles. The molecule has 2 N–H and O–H groups in total. The number of aryl methyl sites for hydroxylation is 1. The maximum atomic E-state index is 13.1. The molecule has 0 bridgehead atoms. The molecule has 0 fully saturated rings. The Morgan fingerprint density at radius 1 is 0.939 bits per heavy atom. The summed E-state index contributed by atoms with van der Waals surface area (Å²) in [5.41, 5.74) is 7.66. The van der Waals surface area contributed by atoms with Crippen LogP contribution in [-0.2, 0) is 32.2 Å². The van der Waals surface area contributed by atoms with E-state index in [2.05, 4.69) is 15.3 Å². The molecule has 1 aliphatic rings. The Morgan fingerprint density at radius 3 is 2.16 bits per heavy atom. The zero-order valence-electron chi connectivity index (χ0n) is 28.6. The quantitative estimate of drug-likeness (QED) is 0.0636. The van der Waals surface area contributed by atoms with E-state index in [4.69, 9.17) is 24.6 Å². The molecule has 0 aliphatic carbocycles. The third-order valence-corrected chi connectivity index (χ3v) is 6.89. The second kappa shape index (κ2) is 15.7. The SMILES string of the molecule is CC(C)(C)OC(=O)NCCCn1cc(-c2ccc(OCC(ON3C(=O)c4ccccc4C3=O)C(=O)OC(C)(C)C)cc2)c[n+]1CCN=[N+]=N. The van der Waals surface area contributed by atoms with E-state index in [-0.39, 0.29) is 17.7 Å².